The van der Waals surface area contributed by atoms with Crippen LogP contribution < -0.4 is 10.1 Å². The molecule has 28 heavy (non-hydrogen) atoms. The van der Waals surface area contributed by atoms with Crippen molar-refractivity contribution in [1.82, 2.24) is 4.31 Å². The molecular formula is C20H26N2O5S. The van der Waals surface area contributed by atoms with Crippen molar-refractivity contribution in [2.75, 3.05) is 25.0 Å². The second-order valence-corrected chi connectivity index (χ2v) is 8.01. The number of rotatable bonds is 9. The molecule has 0 saturated heterocycles. The van der Waals surface area contributed by atoms with E-state index in [1.54, 1.807) is 38.1 Å². The molecule has 2 aromatic carbocycles. The van der Waals surface area contributed by atoms with Crippen LogP contribution in [0.15, 0.2) is 47.4 Å². The molecule has 2 N–H and O–H groups in total. The van der Waals surface area contributed by atoms with Gasteiger partial charge in [-0.1, -0.05) is 26.0 Å². The molecule has 2 aromatic rings. The van der Waals surface area contributed by atoms with Crippen LogP contribution in [0.5, 0.6) is 11.5 Å². The Kier molecular flexibility index (Phi) is 7.42. The van der Waals surface area contributed by atoms with Gasteiger partial charge >= 0.3 is 0 Å². The summed E-state index contributed by atoms with van der Waals surface area (Å²) in [6.07, 6.45) is 0.0822. The number of amides is 1. The fourth-order valence-corrected chi connectivity index (χ4v) is 4.22. The summed E-state index contributed by atoms with van der Waals surface area (Å²) in [7, 11) is -3.69. The highest BCUT2D eigenvalue weighted by atomic mass is 32.2. The van der Waals surface area contributed by atoms with Crippen molar-refractivity contribution in [3.05, 3.63) is 48.0 Å². The number of anilines is 1. The Hall–Kier alpha value is -2.58. The molecule has 7 nitrogen and oxygen atoms in total. The SMILES string of the molecule is CCOc1ccc(CC(=O)Nc2cc(S(=O)(=O)N(CC)CC)ccc2O)cc1. The molecule has 2 rings (SSSR count). The number of hydrogen-bond acceptors (Lipinski definition) is 5. The molecule has 152 valence electrons. The standard InChI is InChI=1S/C20H26N2O5S/c1-4-22(5-2)28(25,26)17-11-12-19(23)18(14-17)21-20(24)13-15-7-9-16(10-8-15)27-6-3/h7-12,14,23H,4-6,13H2,1-3H3,(H,21,24). The van der Waals surface area contributed by atoms with Crippen molar-refractivity contribution in [2.45, 2.75) is 32.1 Å². The molecule has 1 amide bonds. The lowest BCUT2D eigenvalue weighted by atomic mass is 10.1. The summed E-state index contributed by atoms with van der Waals surface area (Å²) in [5.41, 5.74) is 0.830. The highest BCUT2D eigenvalue weighted by Gasteiger charge is 2.23. The molecule has 0 bridgehead atoms. The van der Waals surface area contributed by atoms with Gasteiger partial charge in [0.15, 0.2) is 0 Å². The quantitative estimate of drug-likeness (QED) is 0.624. The molecule has 0 spiro atoms. The Bertz CT molecular complexity index is 907. The van der Waals surface area contributed by atoms with Crippen molar-refractivity contribution in [3.8, 4) is 11.5 Å². The zero-order chi connectivity index (χ0) is 20.7. The maximum Gasteiger partial charge on any atom is 0.243 e. The van der Waals surface area contributed by atoms with E-state index in [4.69, 9.17) is 4.74 Å². The molecule has 0 atom stereocenters. The van der Waals surface area contributed by atoms with Gasteiger partial charge in [-0.15, -0.1) is 0 Å². The topological polar surface area (TPSA) is 95.9 Å². The number of benzene rings is 2. The van der Waals surface area contributed by atoms with E-state index < -0.39 is 10.0 Å². The van der Waals surface area contributed by atoms with E-state index in [0.29, 0.717) is 19.7 Å². The summed E-state index contributed by atoms with van der Waals surface area (Å²) in [6.45, 7) is 6.62. The van der Waals surface area contributed by atoms with Gasteiger partial charge in [-0.25, -0.2) is 8.42 Å². The molecule has 0 aliphatic heterocycles. The maximum atomic E-state index is 12.6. The Morgan fingerprint density at radius 3 is 2.29 bits per heavy atom. The minimum atomic E-state index is -3.69. The average Bonchev–Trinajstić information content (AvgIpc) is 2.66. The summed E-state index contributed by atoms with van der Waals surface area (Å²) in [6, 6.07) is 11.0. The fraction of sp³-hybridized carbons (Fsp3) is 0.350. The lowest BCUT2D eigenvalue weighted by Gasteiger charge is -2.19. The average molecular weight is 407 g/mol. The normalized spacial score (nSPS) is 11.4. The molecule has 0 aliphatic carbocycles. The minimum Gasteiger partial charge on any atom is -0.506 e. The predicted molar refractivity (Wildman–Crippen MR) is 108 cm³/mol. The third-order valence-corrected chi connectivity index (χ3v) is 6.23. The van der Waals surface area contributed by atoms with E-state index in [9.17, 15) is 18.3 Å². The van der Waals surface area contributed by atoms with Gasteiger partial charge < -0.3 is 15.2 Å². The molecule has 0 fully saturated rings. The first-order valence-electron chi connectivity index (χ1n) is 9.16. The largest absolute Gasteiger partial charge is 0.506 e. The van der Waals surface area contributed by atoms with Gasteiger partial charge in [0.05, 0.1) is 23.6 Å². The van der Waals surface area contributed by atoms with Crippen molar-refractivity contribution in [2.24, 2.45) is 0 Å². The Balaban J connectivity index is 2.16. The fourth-order valence-electron chi connectivity index (χ4n) is 2.74. The van der Waals surface area contributed by atoms with Crippen LogP contribution >= 0.6 is 0 Å². The van der Waals surface area contributed by atoms with E-state index in [2.05, 4.69) is 5.32 Å². The monoisotopic (exact) mass is 406 g/mol. The maximum absolute atomic E-state index is 12.6. The van der Waals surface area contributed by atoms with Crippen LogP contribution in [0.25, 0.3) is 0 Å². The van der Waals surface area contributed by atoms with Crippen LogP contribution in [0.3, 0.4) is 0 Å². The van der Waals surface area contributed by atoms with E-state index >= 15 is 0 Å². The van der Waals surface area contributed by atoms with Gasteiger partial charge in [0, 0.05) is 13.1 Å². The van der Waals surface area contributed by atoms with E-state index in [1.807, 2.05) is 6.92 Å². The number of phenols is 1. The van der Waals surface area contributed by atoms with Crippen LogP contribution in [0.2, 0.25) is 0 Å². The van der Waals surface area contributed by atoms with Crippen molar-refractivity contribution in [3.63, 3.8) is 0 Å². The number of phenolic OH excluding ortho intramolecular Hbond substituents is 1. The molecule has 0 aliphatic rings. The van der Waals surface area contributed by atoms with E-state index in [-0.39, 0.29) is 28.7 Å². The first kappa shape index (κ1) is 21.7. The first-order valence-corrected chi connectivity index (χ1v) is 10.6. The number of ether oxygens (including phenoxy) is 1. The van der Waals surface area contributed by atoms with Crippen LogP contribution in [-0.2, 0) is 21.2 Å². The smallest absolute Gasteiger partial charge is 0.243 e. The molecule has 8 heteroatoms. The zero-order valence-corrected chi connectivity index (χ0v) is 17.1. The second-order valence-electron chi connectivity index (χ2n) is 6.07. The van der Waals surface area contributed by atoms with Crippen molar-refractivity contribution >= 4 is 21.6 Å². The Labute approximate surface area is 166 Å². The number of carbonyl (C=O) groups is 1. The molecular weight excluding hydrogens is 380 g/mol. The van der Waals surface area contributed by atoms with Gasteiger partial charge in [0.25, 0.3) is 0 Å². The number of nitrogens with zero attached hydrogens (tertiary/aromatic N) is 1. The lowest BCUT2D eigenvalue weighted by molar-refractivity contribution is -0.115. The summed E-state index contributed by atoms with van der Waals surface area (Å²) in [5, 5.41) is 12.6. The lowest BCUT2D eigenvalue weighted by Crippen LogP contribution is -2.30. The Morgan fingerprint density at radius 1 is 1.07 bits per heavy atom. The molecule has 0 heterocycles. The number of aromatic hydroxyl groups is 1. The van der Waals surface area contributed by atoms with Crippen molar-refractivity contribution in [1.29, 1.82) is 0 Å². The van der Waals surface area contributed by atoms with Gasteiger partial charge in [0.2, 0.25) is 15.9 Å². The number of carbonyl (C=O) groups excluding carboxylic acids is 1. The third-order valence-electron chi connectivity index (χ3n) is 4.18. The molecule has 0 saturated carbocycles. The second kappa shape index (κ2) is 9.57. The van der Waals surface area contributed by atoms with Crippen LogP contribution in [0.4, 0.5) is 5.69 Å². The highest BCUT2D eigenvalue weighted by Crippen LogP contribution is 2.28. The van der Waals surface area contributed by atoms with Gasteiger partial charge in [0.1, 0.15) is 11.5 Å². The number of hydrogen-bond donors (Lipinski definition) is 2. The first-order chi connectivity index (χ1) is 13.3. The van der Waals surface area contributed by atoms with E-state index in [1.165, 1.54) is 22.5 Å². The van der Waals surface area contributed by atoms with Gasteiger partial charge in [-0.05, 0) is 42.8 Å². The van der Waals surface area contributed by atoms with E-state index in [0.717, 1.165) is 11.3 Å². The zero-order valence-electron chi connectivity index (χ0n) is 16.3. The summed E-state index contributed by atoms with van der Waals surface area (Å²) in [4.78, 5) is 12.4. The summed E-state index contributed by atoms with van der Waals surface area (Å²) in [5.74, 6) is 0.161. The summed E-state index contributed by atoms with van der Waals surface area (Å²) >= 11 is 0. The Morgan fingerprint density at radius 2 is 1.71 bits per heavy atom. The van der Waals surface area contributed by atoms with Crippen molar-refractivity contribution < 1.29 is 23.1 Å². The third kappa shape index (κ3) is 5.24. The molecule has 0 aromatic heterocycles. The highest BCUT2D eigenvalue weighted by molar-refractivity contribution is 7.89. The van der Waals surface area contributed by atoms with Crippen LogP contribution in [0, 0.1) is 0 Å². The predicted octanol–water partition coefficient (Wildman–Crippen LogP) is 3.00. The van der Waals surface area contributed by atoms with Gasteiger partial charge in [-0.2, -0.15) is 4.31 Å². The van der Waals surface area contributed by atoms with Crippen LogP contribution in [-0.4, -0.2) is 43.4 Å². The molecule has 0 unspecified atom stereocenters. The minimum absolute atomic E-state index is 0.0189. The molecule has 0 radical (unpaired) electrons. The number of sulfonamides is 1. The van der Waals surface area contributed by atoms with Gasteiger partial charge in [-0.3, -0.25) is 4.79 Å². The number of nitrogens with one attached hydrogen (secondary N) is 1. The summed E-state index contributed by atoms with van der Waals surface area (Å²) < 4.78 is 32.0. The van der Waals surface area contributed by atoms with Crippen LogP contribution in [0.1, 0.15) is 26.3 Å².